The number of rotatable bonds is 3. The van der Waals surface area contributed by atoms with E-state index in [4.69, 9.17) is 4.55 Å². The lowest BCUT2D eigenvalue weighted by Gasteiger charge is -2.24. The molecule has 68 valence electrons. The molecule has 0 saturated heterocycles. The first-order chi connectivity index (χ1) is 4.63. The molecule has 11 heavy (non-hydrogen) atoms. The second-order valence-corrected chi connectivity index (χ2v) is 4.80. The molecule has 0 aromatic rings. The predicted molar refractivity (Wildman–Crippen MR) is 41.9 cm³/mol. The van der Waals surface area contributed by atoms with Crippen LogP contribution in [0.5, 0.6) is 0 Å². The maximum atomic E-state index is 10.3. The summed E-state index contributed by atoms with van der Waals surface area (Å²) in [7, 11) is -3.97. The monoisotopic (exact) mass is 182 g/mol. The van der Waals surface area contributed by atoms with E-state index < -0.39 is 27.4 Å². The van der Waals surface area contributed by atoms with Gasteiger partial charge in [0.2, 0.25) is 0 Å². The van der Waals surface area contributed by atoms with E-state index in [1.807, 2.05) is 0 Å². The summed E-state index contributed by atoms with van der Waals surface area (Å²) >= 11 is 0. The zero-order valence-electron chi connectivity index (χ0n) is 6.90. The molecule has 0 fully saturated rings. The van der Waals surface area contributed by atoms with Crippen LogP contribution in [0.3, 0.4) is 0 Å². The number of hydrogen-bond donors (Lipinski definition) is 2. The molecular formula is C6H14O4S. The molecule has 0 aliphatic carbocycles. The molecule has 0 spiro atoms. The average molecular weight is 182 g/mol. The fourth-order valence-electron chi connectivity index (χ4n) is 0.520. The third kappa shape index (κ3) is 5.17. The Hall–Kier alpha value is -0.130. The second kappa shape index (κ2) is 3.08. The molecule has 5 heteroatoms. The highest BCUT2D eigenvalue weighted by molar-refractivity contribution is 7.85. The van der Waals surface area contributed by atoms with E-state index in [1.54, 1.807) is 6.92 Å². The van der Waals surface area contributed by atoms with Crippen molar-refractivity contribution in [3.05, 3.63) is 0 Å². The van der Waals surface area contributed by atoms with Crippen LogP contribution in [0.4, 0.5) is 0 Å². The van der Waals surface area contributed by atoms with Crippen molar-refractivity contribution in [3.8, 4) is 0 Å². The first-order valence-corrected chi connectivity index (χ1v) is 4.91. The highest BCUT2D eigenvalue weighted by Gasteiger charge is 2.26. The van der Waals surface area contributed by atoms with Gasteiger partial charge in [0.05, 0.1) is 11.4 Å². The minimum Gasteiger partial charge on any atom is -0.390 e. The summed E-state index contributed by atoms with van der Waals surface area (Å²) in [4.78, 5) is 0. The Labute approximate surface area is 67.0 Å². The van der Waals surface area contributed by atoms with Gasteiger partial charge in [-0.2, -0.15) is 8.42 Å². The van der Waals surface area contributed by atoms with Crippen molar-refractivity contribution in [2.24, 2.45) is 5.92 Å². The van der Waals surface area contributed by atoms with Gasteiger partial charge in [-0.15, -0.1) is 0 Å². The molecule has 1 unspecified atom stereocenters. The molecule has 0 heterocycles. The summed E-state index contributed by atoms with van der Waals surface area (Å²) < 4.78 is 29.1. The van der Waals surface area contributed by atoms with Crippen LogP contribution >= 0.6 is 0 Å². The first-order valence-electron chi connectivity index (χ1n) is 3.30. The van der Waals surface area contributed by atoms with Crippen LogP contribution in [0.2, 0.25) is 0 Å². The molecule has 0 amide bonds. The molecule has 0 aliphatic heterocycles. The molecule has 0 saturated carbocycles. The zero-order chi connectivity index (χ0) is 9.28. The fraction of sp³-hybridized carbons (Fsp3) is 1.00. The van der Waals surface area contributed by atoms with E-state index in [-0.39, 0.29) is 0 Å². The van der Waals surface area contributed by atoms with E-state index >= 15 is 0 Å². The van der Waals surface area contributed by atoms with Crippen LogP contribution in [0, 0.1) is 5.92 Å². The molecule has 0 aromatic heterocycles. The lowest BCUT2D eigenvalue weighted by Crippen LogP contribution is -2.33. The Kier molecular flexibility index (Phi) is 3.05. The Bertz CT molecular complexity index is 211. The van der Waals surface area contributed by atoms with Gasteiger partial charge in [0, 0.05) is 5.92 Å². The highest BCUT2D eigenvalue weighted by atomic mass is 32.2. The number of aliphatic hydroxyl groups is 1. The van der Waals surface area contributed by atoms with Crippen molar-refractivity contribution >= 4 is 10.1 Å². The molecule has 4 nitrogen and oxygen atoms in total. The standard InChI is InChI=1S/C6H14O4S/c1-5(6(2,3)7)4-11(8,9)10/h5,7H,4H2,1-3H3,(H,8,9,10). The third-order valence-corrected chi connectivity index (χ3v) is 2.59. The van der Waals surface area contributed by atoms with Crippen LogP contribution in [0.15, 0.2) is 0 Å². The lowest BCUT2D eigenvalue weighted by molar-refractivity contribution is 0.0333. The average Bonchev–Trinajstić information content (AvgIpc) is 1.56. The fourth-order valence-corrected chi connectivity index (χ4v) is 1.56. The molecule has 2 N–H and O–H groups in total. The van der Waals surface area contributed by atoms with Gasteiger partial charge in [-0.05, 0) is 13.8 Å². The van der Waals surface area contributed by atoms with Crippen LogP contribution in [0.1, 0.15) is 20.8 Å². The molecule has 0 aliphatic rings. The Morgan fingerprint density at radius 3 is 1.91 bits per heavy atom. The van der Waals surface area contributed by atoms with Gasteiger partial charge in [0.15, 0.2) is 0 Å². The van der Waals surface area contributed by atoms with E-state index in [9.17, 15) is 13.5 Å². The lowest BCUT2D eigenvalue weighted by atomic mass is 9.95. The smallest absolute Gasteiger partial charge is 0.265 e. The predicted octanol–water partition coefficient (Wildman–Crippen LogP) is 0.281. The first kappa shape index (κ1) is 10.9. The summed E-state index contributed by atoms with van der Waals surface area (Å²) in [5, 5.41) is 9.27. The van der Waals surface area contributed by atoms with E-state index in [0.717, 1.165) is 0 Å². The van der Waals surface area contributed by atoms with E-state index in [0.29, 0.717) is 0 Å². The van der Waals surface area contributed by atoms with Crippen molar-refractivity contribution in [2.75, 3.05) is 5.75 Å². The Morgan fingerprint density at radius 2 is 1.82 bits per heavy atom. The molecule has 1 atom stereocenters. The van der Waals surface area contributed by atoms with Gasteiger partial charge >= 0.3 is 0 Å². The minimum absolute atomic E-state index is 0.406. The van der Waals surface area contributed by atoms with Gasteiger partial charge in [-0.25, -0.2) is 0 Å². The van der Waals surface area contributed by atoms with Crippen molar-refractivity contribution in [1.29, 1.82) is 0 Å². The van der Waals surface area contributed by atoms with Gasteiger partial charge in [-0.1, -0.05) is 6.92 Å². The molecule has 0 aromatic carbocycles. The Balaban J connectivity index is 4.21. The summed E-state index contributed by atoms with van der Waals surface area (Å²) in [5.41, 5.74) is -1.07. The third-order valence-electron chi connectivity index (χ3n) is 1.67. The van der Waals surface area contributed by atoms with Crippen LogP contribution < -0.4 is 0 Å². The largest absolute Gasteiger partial charge is 0.390 e. The summed E-state index contributed by atoms with van der Waals surface area (Å²) in [5.74, 6) is -0.881. The molecular weight excluding hydrogens is 168 g/mol. The van der Waals surface area contributed by atoms with E-state index in [2.05, 4.69) is 0 Å². The maximum Gasteiger partial charge on any atom is 0.265 e. The minimum atomic E-state index is -3.97. The molecule has 0 radical (unpaired) electrons. The maximum absolute atomic E-state index is 10.3. The van der Waals surface area contributed by atoms with Crippen molar-refractivity contribution in [1.82, 2.24) is 0 Å². The van der Waals surface area contributed by atoms with Gasteiger partial charge in [0.25, 0.3) is 10.1 Å². The van der Waals surface area contributed by atoms with Crippen LogP contribution in [-0.2, 0) is 10.1 Å². The zero-order valence-corrected chi connectivity index (χ0v) is 7.72. The topological polar surface area (TPSA) is 74.6 Å². The van der Waals surface area contributed by atoms with Crippen molar-refractivity contribution < 1.29 is 18.1 Å². The van der Waals surface area contributed by atoms with Crippen molar-refractivity contribution in [2.45, 2.75) is 26.4 Å². The Morgan fingerprint density at radius 1 is 1.45 bits per heavy atom. The van der Waals surface area contributed by atoms with Gasteiger partial charge in [0.1, 0.15) is 0 Å². The molecule has 0 bridgehead atoms. The summed E-state index contributed by atoms with van der Waals surface area (Å²) in [6.07, 6.45) is 0. The van der Waals surface area contributed by atoms with Crippen LogP contribution in [-0.4, -0.2) is 29.4 Å². The SMILES string of the molecule is CC(CS(=O)(=O)O)C(C)(C)O. The van der Waals surface area contributed by atoms with Gasteiger partial charge < -0.3 is 5.11 Å². The van der Waals surface area contributed by atoms with Crippen molar-refractivity contribution in [3.63, 3.8) is 0 Å². The quantitative estimate of drug-likeness (QED) is 0.615. The van der Waals surface area contributed by atoms with Gasteiger partial charge in [-0.3, -0.25) is 4.55 Å². The number of hydrogen-bond acceptors (Lipinski definition) is 3. The van der Waals surface area contributed by atoms with Crippen LogP contribution in [0.25, 0.3) is 0 Å². The summed E-state index contributed by atoms with van der Waals surface area (Å²) in [6, 6.07) is 0. The normalized spacial score (nSPS) is 16.5. The summed E-state index contributed by atoms with van der Waals surface area (Å²) in [6.45, 7) is 4.57. The highest BCUT2D eigenvalue weighted by Crippen LogP contribution is 2.16. The molecule has 0 rings (SSSR count). The van der Waals surface area contributed by atoms with E-state index in [1.165, 1.54) is 13.8 Å². The second-order valence-electron chi connectivity index (χ2n) is 3.30.